The number of nitrogens with one attached hydrogen (secondary N) is 1. The SMILES string of the molecule is CCN1CCC2(CC1)OC(=O)C(C)=C2C(=O)NCCCN1CCC[C@H](C)C1. The van der Waals surface area contributed by atoms with E-state index < -0.39 is 5.60 Å². The van der Waals surface area contributed by atoms with E-state index in [4.69, 9.17) is 4.74 Å². The maximum Gasteiger partial charge on any atom is 0.335 e. The van der Waals surface area contributed by atoms with Crippen LogP contribution in [0.15, 0.2) is 11.1 Å². The molecule has 1 N–H and O–H groups in total. The summed E-state index contributed by atoms with van der Waals surface area (Å²) in [4.78, 5) is 29.9. The average Bonchev–Trinajstić information content (AvgIpc) is 2.89. The zero-order valence-electron chi connectivity index (χ0n) is 17.2. The largest absolute Gasteiger partial charge is 0.450 e. The van der Waals surface area contributed by atoms with Crippen molar-refractivity contribution in [3.8, 4) is 0 Å². The molecule has 3 aliphatic heterocycles. The molecule has 27 heavy (non-hydrogen) atoms. The molecule has 0 unspecified atom stereocenters. The number of hydrogen-bond donors (Lipinski definition) is 1. The van der Waals surface area contributed by atoms with Gasteiger partial charge in [-0.3, -0.25) is 4.79 Å². The van der Waals surface area contributed by atoms with Crippen molar-refractivity contribution in [2.75, 3.05) is 45.8 Å². The van der Waals surface area contributed by atoms with Gasteiger partial charge in [0.1, 0.15) is 5.60 Å². The van der Waals surface area contributed by atoms with Gasteiger partial charge in [-0.25, -0.2) is 4.79 Å². The summed E-state index contributed by atoms with van der Waals surface area (Å²) in [6.07, 6.45) is 4.95. The smallest absolute Gasteiger partial charge is 0.335 e. The Morgan fingerprint density at radius 2 is 2.00 bits per heavy atom. The van der Waals surface area contributed by atoms with E-state index in [1.54, 1.807) is 6.92 Å². The summed E-state index contributed by atoms with van der Waals surface area (Å²) in [6.45, 7) is 12.9. The zero-order valence-corrected chi connectivity index (χ0v) is 17.2. The van der Waals surface area contributed by atoms with Crippen molar-refractivity contribution in [1.82, 2.24) is 15.1 Å². The number of carbonyl (C=O) groups excluding carboxylic acids is 2. The first-order valence-corrected chi connectivity index (χ1v) is 10.6. The standard InChI is InChI=1S/C21H35N3O3/c1-4-23-13-8-21(9-14-23)18(17(3)20(26)27-21)19(25)22-10-6-12-24-11-5-7-16(2)15-24/h16H,4-15H2,1-3H3,(H,22,25)/t16-/m0/s1. The second-order valence-electron chi connectivity index (χ2n) is 8.48. The molecule has 0 aromatic carbocycles. The van der Waals surface area contributed by atoms with Gasteiger partial charge < -0.3 is 19.9 Å². The van der Waals surface area contributed by atoms with Crippen molar-refractivity contribution in [1.29, 1.82) is 0 Å². The molecule has 152 valence electrons. The Kier molecular flexibility index (Phi) is 6.58. The van der Waals surface area contributed by atoms with Gasteiger partial charge in [-0.1, -0.05) is 13.8 Å². The Hall–Kier alpha value is -1.40. The highest BCUT2D eigenvalue weighted by atomic mass is 16.6. The first kappa shape index (κ1) is 20.3. The molecule has 6 nitrogen and oxygen atoms in total. The minimum absolute atomic E-state index is 0.115. The molecule has 2 fully saturated rings. The summed E-state index contributed by atoms with van der Waals surface area (Å²) in [5.41, 5.74) is 0.358. The first-order chi connectivity index (χ1) is 12.9. The van der Waals surface area contributed by atoms with E-state index in [2.05, 4.69) is 29.0 Å². The molecule has 1 amide bonds. The van der Waals surface area contributed by atoms with Crippen LogP contribution in [0.25, 0.3) is 0 Å². The van der Waals surface area contributed by atoms with Crippen LogP contribution in [-0.4, -0.2) is 73.1 Å². The molecule has 0 aromatic rings. The van der Waals surface area contributed by atoms with Crippen molar-refractivity contribution in [2.45, 2.75) is 58.5 Å². The molecule has 6 heteroatoms. The predicted octanol–water partition coefficient (Wildman–Crippen LogP) is 1.95. The lowest BCUT2D eigenvalue weighted by atomic mass is 9.82. The van der Waals surface area contributed by atoms with Crippen LogP contribution in [0.4, 0.5) is 0 Å². The van der Waals surface area contributed by atoms with Crippen molar-refractivity contribution in [3.05, 3.63) is 11.1 Å². The molecule has 0 aliphatic carbocycles. The third-order valence-electron chi connectivity index (χ3n) is 6.44. The number of amides is 1. The van der Waals surface area contributed by atoms with E-state index >= 15 is 0 Å². The van der Waals surface area contributed by atoms with Gasteiger partial charge in [0, 0.05) is 44.6 Å². The number of nitrogens with zero attached hydrogens (tertiary/aromatic N) is 2. The molecular formula is C21H35N3O3. The van der Waals surface area contributed by atoms with Gasteiger partial charge in [0.25, 0.3) is 5.91 Å². The normalized spacial score (nSPS) is 26.5. The molecule has 1 atom stereocenters. The molecule has 3 rings (SSSR count). The Labute approximate surface area is 163 Å². The summed E-state index contributed by atoms with van der Waals surface area (Å²) in [7, 11) is 0. The van der Waals surface area contributed by atoms with Crippen LogP contribution in [-0.2, 0) is 14.3 Å². The fourth-order valence-corrected chi connectivity index (χ4v) is 4.79. The minimum atomic E-state index is -0.709. The quantitative estimate of drug-likeness (QED) is 0.566. The number of esters is 1. The molecule has 3 aliphatic rings. The Morgan fingerprint density at radius 3 is 2.67 bits per heavy atom. The van der Waals surface area contributed by atoms with E-state index in [0.29, 0.717) is 30.5 Å². The van der Waals surface area contributed by atoms with Crippen LogP contribution in [0.3, 0.4) is 0 Å². The number of hydrogen-bond acceptors (Lipinski definition) is 5. The van der Waals surface area contributed by atoms with Crippen molar-refractivity contribution < 1.29 is 14.3 Å². The van der Waals surface area contributed by atoms with E-state index in [-0.39, 0.29) is 11.9 Å². The molecule has 0 radical (unpaired) electrons. The summed E-state index contributed by atoms with van der Waals surface area (Å²) in [5.74, 6) is 0.333. The van der Waals surface area contributed by atoms with E-state index in [1.807, 2.05) is 0 Å². The van der Waals surface area contributed by atoms with Crippen LogP contribution in [0, 0.1) is 5.92 Å². The Balaban J connectivity index is 1.53. The van der Waals surface area contributed by atoms with Crippen LogP contribution in [0.2, 0.25) is 0 Å². The number of piperidine rings is 2. The average molecular weight is 378 g/mol. The van der Waals surface area contributed by atoms with Gasteiger partial charge >= 0.3 is 5.97 Å². The highest BCUT2D eigenvalue weighted by Crippen LogP contribution is 2.40. The number of ether oxygens (including phenoxy) is 1. The summed E-state index contributed by atoms with van der Waals surface area (Å²) in [5, 5.41) is 3.05. The molecule has 2 saturated heterocycles. The highest BCUT2D eigenvalue weighted by molar-refractivity contribution is 6.07. The highest BCUT2D eigenvalue weighted by Gasteiger charge is 2.50. The molecule has 0 bridgehead atoms. The lowest BCUT2D eigenvalue weighted by Gasteiger charge is -2.39. The van der Waals surface area contributed by atoms with Crippen LogP contribution < -0.4 is 5.32 Å². The van der Waals surface area contributed by atoms with E-state index in [1.165, 1.54) is 19.4 Å². The van der Waals surface area contributed by atoms with E-state index in [0.717, 1.165) is 45.1 Å². The van der Waals surface area contributed by atoms with Gasteiger partial charge in [-0.15, -0.1) is 0 Å². The van der Waals surface area contributed by atoms with Gasteiger partial charge in [0.15, 0.2) is 0 Å². The van der Waals surface area contributed by atoms with Crippen LogP contribution in [0.1, 0.15) is 52.9 Å². The third kappa shape index (κ3) is 4.54. The topological polar surface area (TPSA) is 61.9 Å². The summed E-state index contributed by atoms with van der Waals surface area (Å²) >= 11 is 0. The van der Waals surface area contributed by atoms with Crippen LogP contribution in [0.5, 0.6) is 0 Å². The maximum atomic E-state index is 12.9. The monoisotopic (exact) mass is 377 g/mol. The second-order valence-corrected chi connectivity index (χ2v) is 8.48. The van der Waals surface area contributed by atoms with Gasteiger partial charge in [0.2, 0.25) is 0 Å². The number of likely N-dealkylation sites (tertiary alicyclic amines) is 2. The summed E-state index contributed by atoms with van der Waals surface area (Å²) in [6, 6.07) is 0. The van der Waals surface area contributed by atoms with Crippen molar-refractivity contribution in [2.24, 2.45) is 5.92 Å². The maximum absolute atomic E-state index is 12.9. The Morgan fingerprint density at radius 1 is 1.26 bits per heavy atom. The molecule has 0 aromatic heterocycles. The fraction of sp³-hybridized carbons (Fsp3) is 0.810. The molecule has 1 spiro atoms. The second kappa shape index (κ2) is 8.74. The van der Waals surface area contributed by atoms with Crippen molar-refractivity contribution >= 4 is 11.9 Å². The number of rotatable bonds is 6. The van der Waals surface area contributed by atoms with Crippen LogP contribution >= 0.6 is 0 Å². The van der Waals surface area contributed by atoms with Gasteiger partial charge in [-0.05, 0) is 51.7 Å². The minimum Gasteiger partial charge on any atom is -0.450 e. The van der Waals surface area contributed by atoms with Gasteiger partial charge in [0.05, 0.1) is 5.57 Å². The molecular weight excluding hydrogens is 342 g/mol. The lowest BCUT2D eigenvalue weighted by Crippen LogP contribution is -2.48. The fourth-order valence-electron chi connectivity index (χ4n) is 4.79. The first-order valence-electron chi connectivity index (χ1n) is 10.6. The Bertz CT molecular complexity index is 593. The lowest BCUT2D eigenvalue weighted by molar-refractivity contribution is -0.150. The molecule has 3 heterocycles. The van der Waals surface area contributed by atoms with E-state index in [9.17, 15) is 9.59 Å². The molecule has 0 saturated carbocycles. The third-order valence-corrected chi connectivity index (χ3v) is 6.44. The summed E-state index contributed by atoms with van der Waals surface area (Å²) < 4.78 is 5.73. The van der Waals surface area contributed by atoms with Gasteiger partial charge in [-0.2, -0.15) is 0 Å². The zero-order chi connectivity index (χ0) is 19.4. The predicted molar refractivity (Wildman–Crippen MR) is 105 cm³/mol. The van der Waals surface area contributed by atoms with Crippen molar-refractivity contribution in [3.63, 3.8) is 0 Å². The number of carbonyl (C=O) groups is 2.